The van der Waals surface area contributed by atoms with Crippen LogP contribution in [0, 0.1) is 0 Å². The second-order valence-electron chi connectivity index (χ2n) is 5.33. The Bertz CT molecular complexity index is 753. The Balaban J connectivity index is 2.12. The lowest BCUT2D eigenvalue weighted by atomic mass is 10.2. The van der Waals surface area contributed by atoms with E-state index in [1.54, 1.807) is 30.6 Å². The van der Waals surface area contributed by atoms with E-state index in [0.717, 1.165) is 17.5 Å². The molecule has 2 N–H and O–H groups in total. The number of hydrogen-bond acceptors (Lipinski definition) is 3. The van der Waals surface area contributed by atoms with Gasteiger partial charge in [-0.2, -0.15) is 0 Å². The van der Waals surface area contributed by atoms with Crippen LogP contribution >= 0.6 is 0 Å². The van der Waals surface area contributed by atoms with Gasteiger partial charge in [-0.25, -0.2) is 0 Å². The van der Waals surface area contributed by atoms with E-state index >= 15 is 0 Å². The number of amides is 2. The molecule has 1 aromatic heterocycles. The minimum Gasteiger partial charge on any atom is -0.351 e. The second-order valence-corrected chi connectivity index (χ2v) is 5.33. The maximum absolute atomic E-state index is 12.3. The van der Waals surface area contributed by atoms with Crippen molar-refractivity contribution in [1.29, 1.82) is 0 Å². The van der Waals surface area contributed by atoms with Gasteiger partial charge in [0.05, 0.1) is 0 Å². The molecule has 0 spiro atoms. The first kappa shape index (κ1) is 18.1. The summed E-state index contributed by atoms with van der Waals surface area (Å²) in [4.78, 5) is 28.4. The highest BCUT2D eigenvalue weighted by Crippen LogP contribution is 2.05. The SMILES string of the molecule is CCCNC(=O)/C(=C/c1cccnc1)NC(=O)C=Cc1ccccc1. The number of benzene rings is 1. The molecule has 0 saturated carbocycles. The molecule has 1 heterocycles. The van der Waals surface area contributed by atoms with Gasteiger partial charge < -0.3 is 10.6 Å². The first-order chi connectivity index (χ1) is 12.2. The minimum atomic E-state index is -0.370. The summed E-state index contributed by atoms with van der Waals surface area (Å²) >= 11 is 0. The van der Waals surface area contributed by atoms with E-state index in [2.05, 4.69) is 15.6 Å². The van der Waals surface area contributed by atoms with Gasteiger partial charge in [0.2, 0.25) is 5.91 Å². The maximum Gasteiger partial charge on any atom is 0.267 e. The Morgan fingerprint density at radius 2 is 1.84 bits per heavy atom. The fourth-order valence-electron chi connectivity index (χ4n) is 2.03. The van der Waals surface area contributed by atoms with Crippen LogP contribution < -0.4 is 10.6 Å². The van der Waals surface area contributed by atoms with Crippen molar-refractivity contribution in [3.05, 3.63) is 77.8 Å². The summed E-state index contributed by atoms with van der Waals surface area (Å²) in [6.45, 7) is 2.50. The highest BCUT2D eigenvalue weighted by atomic mass is 16.2. The lowest BCUT2D eigenvalue weighted by Gasteiger charge is -2.09. The van der Waals surface area contributed by atoms with Crippen molar-refractivity contribution in [2.45, 2.75) is 13.3 Å². The number of carbonyl (C=O) groups is 2. The van der Waals surface area contributed by atoms with Crippen molar-refractivity contribution in [3.63, 3.8) is 0 Å². The molecule has 0 bridgehead atoms. The standard InChI is InChI=1S/C20H21N3O2/c1-2-12-22-20(25)18(14-17-9-6-13-21-15-17)23-19(24)11-10-16-7-4-3-5-8-16/h3-11,13-15H,2,12H2,1H3,(H,22,25)(H,23,24)/b11-10?,18-14-. The minimum absolute atomic E-state index is 0.184. The summed E-state index contributed by atoms with van der Waals surface area (Å²) in [7, 11) is 0. The fraction of sp³-hybridized carbons (Fsp3) is 0.150. The van der Waals surface area contributed by atoms with E-state index < -0.39 is 0 Å². The summed E-state index contributed by atoms with van der Waals surface area (Å²) in [6, 6.07) is 13.1. The van der Waals surface area contributed by atoms with Gasteiger partial charge in [0.1, 0.15) is 5.70 Å². The molecule has 0 unspecified atom stereocenters. The van der Waals surface area contributed by atoms with Crippen LogP contribution in [0.1, 0.15) is 24.5 Å². The lowest BCUT2D eigenvalue weighted by Crippen LogP contribution is -2.34. The Hall–Kier alpha value is -3.21. The molecule has 0 aliphatic rings. The molecule has 5 heteroatoms. The first-order valence-corrected chi connectivity index (χ1v) is 8.13. The molecule has 2 amide bonds. The average molecular weight is 335 g/mol. The van der Waals surface area contributed by atoms with Gasteiger partial charge in [-0.15, -0.1) is 0 Å². The molecule has 0 aliphatic heterocycles. The lowest BCUT2D eigenvalue weighted by molar-refractivity contribution is -0.121. The normalized spacial score (nSPS) is 11.3. The van der Waals surface area contributed by atoms with Crippen molar-refractivity contribution in [1.82, 2.24) is 15.6 Å². The van der Waals surface area contributed by atoms with Crippen LogP contribution in [0.5, 0.6) is 0 Å². The molecule has 1 aromatic carbocycles. The van der Waals surface area contributed by atoms with E-state index in [1.165, 1.54) is 6.08 Å². The topological polar surface area (TPSA) is 71.1 Å². The van der Waals surface area contributed by atoms with Crippen molar-refractivity contribution >= 4 is 24.0 Å². The Morgan fingerprint density at radius 3 is 2.52 bits per heavy atom. The van der Waals surface area contributed by atoms with Crippen LogP contribution in [0.4, 0.5) is 0 Å². The number of hydrogen-bond donors (Lipinski definition) is 2. The smallest absolute Gasteiger partial charge is 0.267 e. The summed E-state index contributed by atoms with van der Waals surface area (Å²) in [5, 5.41) is 5.41. The molecule has 2 aromatic rings. The second kappa shape index (κ2) is 9.82. The van der Waals surface area contributed by atoms with Crippen molar-refractivity contribution in [2.75, 3.05) is 6.54 Å². The number of rotatable bonds is 7. The van der Waals surface area contributed by atoms with Crippen LogP contribution in [0.15, 0.2) is 66.6 Å². The molecule has 5 nitrogen and oxygen atoms in total. The van der Waals surface area contributed by atoms with Crippen molar-refractivity contribution in [3.8, 4) is 0 Å². The predicted octanol–water partition coefficient (Wildman–Crippen LogP) is 2.78. The molecule has 0 aliphatic carbocycles. The molecule has 0 saturated heterocycles. The van der Waals surface area contributed by atoms with Gasteiger partial charge in [-0.3, -0.25) is 14.6 Å². The molecule has 0 fully saturated rings. The fourth-order valence-corrected chi connectivity index (χ4v) is 2.03. The summed E-state index contributed by atoms with van der Waals surface area (Å²) < 4.78 is 0. The summed E-state index contributed by atoms with van der Waals surface area (Å²) in [6.07, 6.45) is 8.79. The first-order valence-electron chi connectivity index (χ1n) is 8.13. The molecule has 2 rings (SSSR count). The summed E-state index contributed by atoms with van der Waals surface area (Å²) in [5.74, 6) is -0.696. The number of aromatic nitrogens is 1. The zero-order valence-corrected chi connectivity index (χ0v) is 14.1. The van der Waals surface area contributed by atoms with Crippen LogP contribution in [0.25, 0.3) is 12.2 Å². The van der Waals surface area contributed by atoms with Gasteiger partial charge in [0.25, 0.3) is 5.91 Å². The van der Waals surface area contributed by atoms with Crippen LogP contribution in [0.2, 0.25) is 0 Å². The van der Waals surface area contributed by atoms with Crippen LogP contribution in [-0.4, -0.2) is 23.3 Å². The van der Waals surface area contributed by atoms with Crippen molar-refractivity contribution in [2.24, 2.45) is 0 Å². The monoisotopic (exact) mass is 335 g/mol. The highest BCUT2D eigenvalue weighted by Gasteiger charge is 2.11. The number of nitrogens with one attached hydrogen (secondary N) is 2. The Morgan fingerprint density at radius 1 is 1.08 bits per heavy atom. The highest BCUT2D eigenvalue weighted by molar-refractivity contribution is 6.04. The van der Waals surface area contributed by atoms with E-state index in [1.807, 2.05) is 43.3 Å². The van der Waals surface area contributed by atoms with E-state index in [-0.39, 0.29) is 17.5 Å². The third-order valence-electron chi connectivity index (χ3n) is 3.26. The van der Waals surface area contributed by atoms with Gasteiger partial charge in [0.15, 0.2) is 0 Å². The Kier molecular flexibility index (Phi) is 7.13. The van der Waals surface area contributed by atoms with E-state index in [4.69, 9.17) is 0 Å². The number of pyridine rings is 1. The molecule has 0 radical (unpaired) electrons. The maximum atomic E-state index is 12.3. The zero-order valence-electron chi connectivity index (χ0n) is 14.1. The van der Waals surface area contributed by atoms with Gasteiger partial charge in [0, 0.05) is 25.0 Å². The predicted molar refractivity (Wildman–Crippen MR) is 99.1 cm³/mol. The van der Waals surface area contributed by atoms with Gasteiger partial charge in [-0.05, 0) is 35.8 Å². The molecule has 25 heavy (non-hydrogen) atoms. The molecular formula is C20H21N3O2. The van der Waals surface area contributed by atoms with Crippen molar-refractivity contribution < 1.29 is 9.59 Å². The average Bonchev–Trinajstić information content (AvgIpc) is 2.65. The van der Waals surface area contributed by atoms with Crippen LogP contribution in [-0.2, 0) is 9.59 Å². The largest absolute Gasteiger partial charge is 0.351 e. The number of nitrogens with zero attached hydrogens (tertiary/aromatic N) is 1. The Labute approximate surface area is 147 Å². The zero-order chi connectivity index (χ0) is 17.9. The van der Waals surface area contributed by atoms with Gasteiger partial charge >= 0.3 is 0 Å². The van der Waals surface area contributed by atoms with E-state index in [9.17, 15) is 9.59 Å². The van der Waals surface area contributed by atoms with Crippen LogP contribution in [0.3, 0.4) is 0 Å². The quantitative estimate of drug-likeness (QED) is 0.764. The summed E-state index contributed by atoms with van der Waals surface area (Å²) in [5.41, 5.74) is 1.83. The van der Waals surface area contributed by atoms with E-state index in [0.29, 0.717) is 6.54 Å². The van der Waals surface area contributed by atoms with Gasteiger partial charge in [-0.1, -0.05) is 43.3 Å². The molecule has 0 atom stereocenters. The number of carbonyl (C=O) groups excluding carboxylic acids is 2. The third kappa shape index (κ3) is 6.43. The molecule has 128 valence electrons. The molecular weight excluding hydrogens is 314 g/mol. The third-order valence-corrected chi connectivity index (χ3v) is 3.26.